The first-order valence-corrected chi connectivity index (χ1v) is 5.99. The lowest BCUT2D eigenvalue weighted by atomic mass is 9.91. The normalized spacial score (nSPS) is 11.1. The van der Waals surface area contributed by atoms with Gasteiger partial charge in [0.2, 0.25) is 5.91 Å². The van der Waals surface area contributed by atoms with Gasteiger partial charge in [-0.25, -0.2) is 0 Å². The number of ketones is 1. The van der Waals surface area contributed by atoms with Gasteiger partial charge in [-0.05, 0) is 13.8 Å². The molecule has 1 amide bonds. The highest BCUT2D eigenvalue weighted by molar-refractivity contribution is 6.04. The van der Waals surface area contributed by atoms with Crippen LogP contribution in [0, 0.1) is 0 Å². The van der Waals surface area contributed by atoms with Gasteiger partial charge in [0.05, 0.1) is 0 Å². The molecule has 0 atom stereocenters. The molecule has 18 heavy (non-hydrogen) atoms. The molecule has 0 aliphatic carbocycles. The summed E-state index contributed by atoms with van der Waals surface area (Å²) >= 11 is 0. The van der Waals surface area contributed by atoms with Crippen LogP contribution in [0.4, 0.5) is 0 Å². The van der Waals surface area contributed by atoms with E-state index in [-0.39, 0.29) is 11.7 Å². The maximum absolute atomic E-state index is 12.5. The van der Waals surface area contributed by atoms with Gasteiger partial charge in [-0.15, -0.1) is 0 Å². The summed E-state index contributed by atoms with van der Waals surface area (Å²) < 4.78 is 0. The summed E-state index contributed by atoms with van der Waals surface area (Å²) in [5.74, 6) is -0.221. The minimum Gasteiger partial charge on any atom is -0.329 e. The molecular formula is C14H20N2O2. The van der Waals surface area contributed by atoms with Crippen LogP contribution in [0.25, 0.3) is 0 Å². The van der Waals surface area contributed by atoms with Crippen LogP contribution in [0.15, 0.2) is 30.3 Å². The second-order valence-corrected chi connectivity index (χ2v) is 4.71. The van der Waals surface area contributed by atoms with Gasteiger partial charge in [0.1, 0.15) is 5.54 Å². The summed E-state index contributed by atoms with van der Waals surface area (Å²) in [5, 5.41) is 0. The zero-order valence-electron chi connectivity index (χ0n) is 11.1. The third-order valence-corrected chi connectivity index (χ3v) is 3.00. The summed E-state index contributed by atoms with van der Waals surface area (Å²) in [6, 6.07) is 8.98. The summed E-state index contributed by atoms with van der Waals surface area (Å²) in [4.78, 5) is 25.6. The fraction of sp³-hybridized carbons (Fsp3) is 0.429. The highest BCUT2D eigenvalue weighted by Gasteiger charge is 2.36. The van der Waals surface area contributed by atoms with Gasteiger partial charge in [0, 0.05) is 25.6 Å². The maximum atomic E-state index is 12.5. The average Bonchev–Trinajstić information content (AvgIpc) is 2.35. The Morgan fingerprint density at radius 2 is 1.78 bits per heavy atom. The lowest BCUT2D eigenvalue weighted by Gasteiger charge is -2.36. The fourth-order valence-corrected chi connectivity index (χ4v) is 2.03. The van der Waals surface area contributed by atoms with Gasteiger partial charge in [-0.3, -0.25) is 9.59 Å². The second kappa shape index (κ2) is 5.78. The highest BCUT2D eigenvalue weighted by atomic mass is 16.2. The van der Waals surface area contributed by atoms with Crippen LogP contribution in [0.2, 0.25) is 0 Å². The largest absolute Gasteiger partial charge is 0.329 e. The first-order valence-electron chi connectivity index (χ1n) is 5.99. The Balaban J connectivity index is 3.04. The van der Waals surface area contributed by atoms with Crippen molar-refractivity contribution >= 4 is 11.7 Å². The zero-order chi connectivity index (χ0) is 13.8. The van der Waals surface area contributed by atoms with E-state index >= 15 is 0 Å². The minimum atomic E-state index is -0.882. The molecule has 0 aliphatic heterocycles. The van der Waals surface area contributed by atoms with Crippen LogP contribution in [-0.4, -0.2) is 35.2 Å². The summed E-state index contributed by atoms with van der Waals surface area (Å²) in [5.41, 5.74) is 5.22. The van der Waals surface area contributed by atoms with E-state index in [0.29, 0.717) is 18.7 Å². The zero-order valence-corrected chi connectivity index (χ0v) is 11.1. The molecule has 4 heteroatoms. The van der Waals surface area contributed by atoms with Crippen molar-refractivity contribution in [3.63, 3.8) is 0 Å². The van der Waals surface area contributed by atoms with Gasteiger partial charge in [0.15, 0.2) is 5.78 Å². The number of nitrogens with two attached hydrogens (primary N) is 1. The quantitative estimate of drug-likeness (QED) is 0.802. The molecule has 0 spiro atoms. The van der Waals surface area contributed by atoms with E-state index in [0.717, 1.165) is 0 Å². The van der Waals surface area contributed by atoms with Crippen LogP contribution in [-0.2, 0) is 4.79 Å². The van der Waals surface area contributed by atoms with Gasteiger partial charge in [0.25, 0.3) is 0 Å². The number of hydrogen-bond donors (Lipinski definition) is 1. The predicted molar refractivity (Wildman–Crippen MR) is 71.3 cm³/mol. The molecule has 98 valence electrons. The molecule has 2 N–H and O–H groups in total. The third-order valence-electron chi connectivity index (χ3n) is 3.00. The van der Waals surface area contributed by atoms with Gasteiger partial charge >= 0.3 is 0 Å². The van der Waals surface area contributed by atoms with Crippen molar-refractivity contribution in [3.8, 4) is 0 Å². The molecule has 0 unspecified atom stereocenters. The molecule has 0 radical (unpaired) electrons. The molecule has 1 aromatic rings. The summed E-state index contributed by atoms with van der Waals surface area (Å²) in [6.45, 7) is 5.67. The topological polar surface area (TPSA) is 63.4 Å². The van der Waals surface area contributed by atoms with E-state index in [1.54, 1.807) is 26.0 Å². The molecule has 1 rings (SSSR count). The van der Waals surface area contributed by atoms with Gasteiger partial charge in [-0.1, -0.05) is 30.3 Å². The number of carbonyl (C=O) groups is 2. The van der Waals surface area contributed by atoms with Gasteiger partial charge < -0.3 is 10.6 Å². The number of rotatable bonds is 5. The maximum Gasteiger partial charge on any atom is 0.220 e. The van der Waals surface area contributed by atoms with Crippen molar-refractivity contribution in [1.82, 2.24) is 4.90 Å². The number of carbonyl (C=O) groups excluding carboxylic acids is 2. The molecular weight excluding hydrogens is 228 g/mol. The molecule has 1 aromatic carbocycles. The Morgan fingerprint density at radius 3 is 2.22 bits per heavy atom. The molecule has 0 aliphatic rings. The first kappa shape index (κ1) is 14.4. The predicted octanol–water partition coefficient (Wildman–Crippen LogP) is 1.46. The standard InChI is InChI=1S/C14H20N2O2/c1-11(17)16(10-9-15)14(2,3)13(18)12-7-5-4-6-8-12/h4-8H,9-10,15H2,1-3H3. The van der Waals surface area contributed by atoms with E-state index in [1.807, 2.05) is 18.2 Å². The fourth-order valence-electron chi connectivity index (χ4n) is 2.03. The van der Waals surface area contributed by atoms with E-state index in [1.165, 1.54) is 11.8 Å². The van der Waals surface area contributed by atoms with Crippen LogP contribution in [0.5, 0.6) is 0 Å². The summed E-state index contributed by atoms with van der Waals surface area (Å²) in [6.07, 6.45) is 0. The number of benzene rings is 1. The number of amides is 1. The Hall–Kier alpha value is -1.68. The molecule has 0 heterocycles. The van der Waals surface area contributed by atoms with Crippen LogP contribution < -0.4 is 5.73 Å². The Morgan fingerprint density at radius 1 is 1.22 bits per heavy atom. The third kappa shape index (κ3) is 2.96. The van der Waals surface area contributed by atoms with E-state index in [9.17, 15) is 9.59 Å². The average molecular weight is 248 g/mol. The number of nitrogens with zero attached hydrogens (tertiary/aromatic N) is 1. The number of Topliss-reactive ketones (excluding diaryl/α,β-unsaturated/α-hetero) is 1. The molecule has 0 bridgehead atoms. The Bertz CT molecular complexity index is 427. The van der Waals surface area contributed by atoms with Crippen molar-refractivity contribution in [1.29, 1.82) is 0 Å². The lowest BCUT2D eigenvalue weighted by Crippen LogP contribution is -2.53. The molecule has 4 nitrogen and oxygen atoms in total. The van der Waals surface area contributed by atoms with Crippen molar-refractivity contribution in [3.05, 3.63) is 35.9 Å². The van der Waals surface area contributed by atoms with Crippen molar-refractivity contribution in [2.45, 2.75) is 26.3 Å². The first-order chi connectivity index (χ1) is 8.41. The smallest absolute Gasteiger partial charge is 0.220 e. The number of hydrogen-bond acceptors (Lipinski definition) is 3. The Kier molecular flexibility index (Phi) is 4.62. The molecule has 0 saturated carbocycles. The lowest BCUT2D eigenvalue weighted by molar-refractivity contribution is -0.132. The van der Waals surface area contributed by atoms with E-state index in [4.69, 9.17) is 5.73 Å². The molecule has 0 aromatic heterocycles. The Labute approximate surface area is 108 Å². The SMILES string of the molecule is CC(=O)N(CCN)C(C)(C)C(=O)c1ccccc1. The van der Waals surface area contributed by atoms with E-state index < -0.39 is 5.54 Å². The highest BCUT2D eigenvalue weighted by Crippen LogP contribution is 2.20. The van der Waals surface area contributed by atoms with Crippen LogP contribution in [0.1, 0.15) is 31.1 Å². The monoisotopic (exact) mass is 248 g/mol. The van der Waals surface area contributed by atoms with Gasteiger partial charge in [-0.2, -0.15) is 0 Å². The van der Waals surface area contributed by atoms with E-state index in [2.05, 4.69) is 0 Å². The molecule has 0 saturated heterocycles. The summed E-state index contributed by atoms with van der Waals surface area (Å²) in [7, 11) is 0. The van der Waals surface area contributed by atoms with Crippen molar-refractivity contribution < 1.29 is 9.59 Å². The van der Waals surface area contributed by atoms with Crippen molar-refractivity contribution in [2.75, 3.05) is 13.1 Å². The second-order valence-electron chi connectivity index (χ2n) is 4.71. The van der Waals surface area contributed by atoms with Crippen molar-refractivity contribution in [2.24, 2.45) is 5.73 Å². The van der Waals surface area contributed by atoms with Crippen LogP contribution in [0.3, 0.4) is 0 Å². The minimum absolute atomic E-state index is 0.0771. The molecule has 0 fully saturated rings. The van der Waals surface area contributed by atoms with Crippen LogP contribution >= 0.6 is 0 Å².